The second-order valence-corrected chi connectivity index (χ2v) is 6.34. The minimum absolute atomic E-state index is 0.115. The molecular formula is C19H16F3NO3. The van der Waals surface area contributed by atoms with E-state index in [9.17, 15) is 22.8 Å². The molecule has 0 spiro atoms. The smallest absolute Gasteiger partial charge is 0.386 e. The lowest BCUT2D eigenvalue weighted by molar-refractivity contribution is -0.150. The van der Waals surface area contributed by atoms with Crippen molar-refractivity contribution in [2.24, 2.45) is 7.05 Å². The van der Waals surface area contributed by atoms with E-state index in [4.69, 9.17) is 0 Å². The van der Waals surface area contributed by atoms with Crippen LogP contribution in [0, 0.1) is 6.92 Å². The van der Waals surface area contributed by atoms with Crippen LogP contribution >= 0.6 is 0 Å². The number of nitrogens with zero attached hydrogens (tertiary/aromatic N) is 1. The minimum Gasteiger partial charge on any atom is -0.386 e. The number of para-hydroxylation sites is 1. The number of aryl methyl sites for hydroxylation is 1. The van der Waals surface area contributed by atoms with Crippen molar-refractivity contribution in [1.29, 1.82) is 0 Å². The number of carbonyl (C=O) groups excluding carboxylic acids is 2. The van der Waals surface area contributed by atoms with E-state index in [0.29, 0.717) is 16.6 Å². The summed E-state index contributed by atoms with van der Waals surface area (Å²) < 4.78 is 48.4. The molecule has 0 saturated carbocycles. The van der Waals surface area contributed by atoms with Gasteiger partial charge < -0.3 is 9.30 Å². The standard InChI is InChI=1S/C19H16F3NO3/c1-9(2)13-15(18(25)26-17(13)24)16(19(20,21)22)14-10(3)23(4)12-8-6-5-7-11(12)14/h5-8H,1-4H3/b16-15-. The van der Waals surface area contributed by atoms with Gasteiger partial charge in [-0.3, -0.25) is 0 Å². The van der Waals surface area contributed by atoms with Crippen LogP contribution in [0.3, 0.4) is 0 Å². The Hall–Kier alpha value is -2.83. The highest BCUT2D eigenvalue weighted by Crippen LogP contribution is 2.45. The van der Waals surface area contributed by atoms with Crippen LogP contribution in [0.5, 0.6) is 0 Å². The van der Waals surface area contributed by atoms with Crippen molar-refractivity contribution in [3.63, 3.8) is 0 Å². The molecule has 0 radical (unpaired) electrons. The molecule has 4 nitrogen and oxygen atoms in total. The monoisotopic (exact) mass is 363 g/mol. The molecule has 1 aliphatic heterocycles. The van der Waals surface area contributed by atoms with E-state index >= 15 is 0 Å². The number of halogens is 3. The predicted octanol–water partition coefficient (Wildman–Crippen LogP) is 4.22. The maximum atomic E-state index is 14.1. The number of hydrogen-bond acceptors (Lipinski definition) is 3. The predicted molar refractivity (Wildman–Crippen MR) is 90.1 cm³/mol. The number of fused-ring (bicyclic) bond motifs is 1. The van der Waals surface area contributed by atoms with Crippen LogP contribution in [0.25, 0.3) is 16.5 Å². The number of rotatable bonds is 1. The number of allylic oxidation sites excluding steroid dienone is 2. The van der Waals surface area contributed by atoms with Crippen molar-refractivity contribution in [2.75, 3.05) is 0 Å². The van der Waals surface area contributed by atoms with Crippen molar-refractivity contribution >= 4 is 28.4 Å². The molecule has 1 saturated heterocycles. The van der Waals surface area contributed by atoms with Gasteiger partial charge in [0.1, 0.15) is 0 Å². The van der Waals surface area contributed by atoms with Crippen LogP contribution < -0.4 is 0 Å². The summed E-state index contributed by atoms with van der Waals surface area (Å²) in [5, 5.41) is 0.354. The Balaban J connectivity index is 2.53. The molecule has 0 N–H and O–H groups in total. The lowest BCUT2D eigenvalue weighted by Gasteiger charge is -2.15. The van der Waals surface area contributed by atoms with Crippen molar-refractivity contribution in [1.82, 2.24) is 4.57 Å². The number of benzene rings is 1. The first kappa shape index (κ1) is 18.0. The Labute approximate surface area is 147 Å². The molecule has 1 aromatic heterocycles. The molecule has 1 aromatic carbocycles. The molecule has 3 rings (SSSR count). The SMILES string of the molecule is CC(C)=C1C(=O)OC(=O)/C1=C(/c1c(C)n(C)c2ccccc12)C(F)(F)F. The quantitative estimate of drug-likeness (QED) is 0.433. The highest BCUT2D eigenvalue weighted by molar-refractivity contribution is 6.23. The van der Waals surface area contributed by atoms with Crippen LogP contribution in [0.15, 0.2) is 41.0 Å². The molecule has 0 aliphatic carbocycles. The fraction of sp³-hybridized carbons (Fsp3) is 0.263. The first-order valence-electron chi connectivity index (χ1n) is 7.86. The summed E-state index contributed by atoms with van der Waals surface area (Å²) in [6.07, 6.45) is -4.85. The maximum absolute atomic E-state index is 14.1. The number of ether oxygens (including phenoxy) is 1. The van der Waals surface area contributed by atoms with Crippen LogP contribution in [-0.4, -0.2) is 22.7 Å². The van der Waals surface area contributed by atoms with Gasteiger partial charge in [-0.2, -0.15) is 13.2 Å². The molecule has 0 bridgehead atoms. The Morgan fingerprint density at radius 1 is 1.04 bits per heavy atom. The van der Waals surface area contributed by atoms with E-state index in [-0.39, 0.29) is 16.7 Å². The molecule has 1 fully saturated rings. The Kier molecular flexibility index (Phi) is 4.05. The lowest BCUT2D eigenvalue weighted by Crippen LogP contribution is -2.17. The number of cyclic esters (lactones) is 2. The summed E-state index contributed by atoms with van der Waals surface area (Å²) in [5.41, 5.74) is -1.08. The Morgan fingerprint density at radius 3 is 2.19 bits per heavy atom. The van der Waals surface area contributed by atoms with Gasteiger partial charge in [-0.25, -0.2) is 9.59 Å². The fourth-order valence-corrected chi connectivity index (χ4v) is 3.32. The molecule has 2 heterocycles. The van der Waals surface area contributed by atoms with Gasteiger partial charge in [0.05, 0.1) is 16.7 Å². The highest BCUT2D eigenvalue weighted by atomic mass is 19.4. The van der Waals surface area contributed by atoms with Gasteiger partial charge in [-0.05, 0) is 26.8 Å². The van der Waals surface area contributed by atoms with Crippen molar-refractivity contribution in [3.05, 3.63) is 52.2 Å². The number of aromatic nitrogens is 1. The third-order valence-electron chi connectivity index (χ3n) is 4.53. The molecule has 2 aromatic rings. The van der Waals surface area contributed by atoms with Crippen LogP contribution in [0.2, 0.25) is 0 Å². The normalized spacial score (nSPS) is 17.1. The van der Waals surface area contributed by atoms with Gasteiger partial charge in [-0.1, -0.05) is 23.8 Å². The van der Waals surface area contributed by atoms with Crippen molar-refractivity contribution < 1.29 is 27.5 Å². The van der Waals surface area contributed by atoms with Crippen LogP contribution in [0.1, 0.15) is 25.1 Å². The van der Waals surface area contributed by atoms with Gasteiger partial charge in [-0.15, -0.1) is 0 Å². The van der Waals surface area contributed by atoms with Crippen molar-refractivity contribution in [3.8, 4) is 0 Å². The third kappa shape index (κ3) is 2.55. The zero-order chi connectivity index (χ0) is 19.4. The number of alkyl halides is 3. The van der Waals surface area contributed by atoms with Gasteiger partial charge in [0.25, 0.3) is 0 Å². The van der Waals surface area contributed by atoms with E-state index in [1.54, 1.807) is 42.8 Å². The maximum Gasteiger partial charge on any atom is 0.417 e. The zero-order valence-corrected chi connectivity index (χ0v) is 14.6. The van der Waals surface area contributed by atoms with Gasteiger partial charge in [0.2, 0.25) is 0 Å². The first-order valence-corrected chi connectivity index (χ1v) is 7.86. The Morgan fingerprint density at radius 2 is 1.62 bits per heavy atom. The molecular weight excluding hydrogens is 347 g/mol. The van der Waals surface area contributed by atoms with Gasteiger partial charge >= 0.3 is 18.1 Å². The number of esters is 2. The number of carbonyl (C=O) groups is 2. The highest BCUT2D eigenvalue weighted by Gasteiger charge is 2.47. The molecule has 1 aliphatic rings. The van der Waals surface area contributed by atoms with Crippen molar-refractivity contribution in [2.45, 2.75) is 26.9 Å². The van der Waals surface area contributed by atoms with E-state index in [1.807, 2.05) is 0 Å². The average Bonchev–Trinajstić information content (AvgIpc) is 2.96. The molecule has 7 heteroatoms. The third-order valence-corrected chi connectivity index (χ3v) is 4.53. The largest absolute Gasteiger partial charge is 0.417 e. The second kappa shape index (κ2) is 5.86. The summed E-state index contributed by atoms with van der Waals surface area (Å²) in [5.74, 6) is -2.32. The molecule has 26 heavy (non-hydrogen) atoms. The van der Waals surface area contributed by atoms with Gasteiger partial charge in [0.15, 0.2) is 0 Å². The summed E-state index contributed by atoms with van der Waals surface area (Å²) >= 11 is 0. The van der Waals surface area contributed by atoms with Crippen LogP contribution in [-0.2, 0) is 21.4 Å². The van der Waals surface area contributed by atoms with E-state index in [1.165, 1.54) is 13.8 Å². The summed E-state index contributed by atoms with van der Waals surface area (Å²) in [7, 11) is 1.65. The second-order valence-electron chi connectivity index (χ2n) is 6.34. The fourth-order valence-electron chi connectivity index (χ4n) is 3.32. The molecule has 0 amide bonds. The Bertz CT molecular complexity index is 1020. The minimum atomic E-state index is -4.85. The first-order chi connectivity index (χ1) is 12.1. The van der Waals surface area contributed by atoms with E-state index in [2.05, 4.69) is 4.74 Å². The molecule has 0 unspecified atom stereocenters. The summed E-state index contributed by atoms with van der Waals surface area (Å²) in [4.78, 5) is 24.1. The van der Waals surface area contributed by atoms with E-state index in [0.717, 1.165) is 0 Å². The summed E-state index contributed by atoms with van der Waals surface area (Å²) in [6.45, 7) is 4.49. The summed E-state index contributed by atoms with van der Waals surface area (Å²) in [6, 6.07) is 6.61. The molecule has 0 atom stereocenters. The van der Waals surface area contributed by atoms with Crippen LogP contribution in [0.4, 0.5) is 13.2 Å². The lowest BCUT2D eigenvalue weighted by atomic mass is 9.91. The number of hydrogen-bond donors (Lipinski definition) is 0. The average molecular weight is 363 g/mol. The topological polar surface area (TPSA) is 48.3 Å². The molecule has 136 valence electrons. The zero-order valence-electron chi connectivity index (χ0n) is 14.6. The van der Waals surface area contributed by atoms with E-state index < -0.39 is 29.3 Å². The van der Waals surface area contributed by atoms with Gasteiger partial charge in [0, 0.05) is 29.2 Å².